The third-order valence-corrected chi connectivity index (χ3v) is 5.16. The molecule has 0 aromatic heterocycles. The van der Waals surface area contributed by atoms with Crippen LogP contribution in [0.5, 0.6) is 0 Å². The smallest absolute Gasteiger partial charge is 0.416 e. The molecule has 9 heteroatoms. The summed E-state index contributed by atoms with van der Waals surface area (Å²) in [5, 5.41) is 7.01. The molecule has 0 spiro atoms. The van der Waals surface area contributed by atoms with Gasteiger partial charge in [-0.2, -0.15) is 13.2 Å². The van der Waals surface area contributed by atoms with E-state index in [1.807, 2.05) is 32.9 Å². The van der Waals surface area contributed by atoms with Crippen molar-refractivity contribution in [2.45, 2.75) is 45.7 Å². The van der Waals surface area contributed by atoms with Gasteiger partial charge in [0.15, 0.2) is 0 Å². The fourth-order valence-electron chi connectivity index (χ4n) is 3.53. The van der Waals surface area contributed by atoms with Crippen LogP contribution in [0.25, 0.3) is 21.9 Å². The Kier molecular flexibility index (Phi) is 8.24. The van der Waals surface area contributed by atoms with Crippen LogP contribution in [-0.2, 0) is 15.7 Å². The van der Waals surface area contributed by atoms with Gasteiger partial charge in [-0.25, -0.2) is 4.79 Å². The van der Waals surface area contributed by atoms with Crippen molar-refractivity contribution in [3.8, 4) is 11.1 Å². The molecule has 0 radical (unpaired) electrons. The van der Waals surface area contributed by atoms with Gasteiger partial charge in [0, 0.05) is 17.6 Å². The summed E-state index contributed by atoms with van der Waals surface area (Å²) in [5.41, 5.74) is 0.717. The number of nitrogens with one attached hydrogen (secondary N) is 2. The summed E-state index contributed by atoms with van der Waals surface area (Å²) in [6.45, 7) is 7.42. The van der Waals surface area contributed by atoms with Gasteiger partial charge in [-0.15, -0.1) is 0 Å². The average Bonchev–Trinajstić information content (AvgIpc) is 2.79. The number of benzene rings is 3. The summed E-state index contributed by atoms with van der Waals surface area (Å²) in [4.78, 5) is 24.3. The van der Waals surface area contributed by atoms with Gasteiger partial charge in [0.1, 0.15) is 0 Å². The van der Waals surface area contributed by atoms with E-state index in [1.54, 1.807) is 31.2 Å². The molecule has 3 rings (SSSR count). The Bertz CT molecular complexity index is 1220. The van der Waals surface area contributed by atoms with Crippen LogP contribution in [0.1, 0.15) is 43.6 Å². The molecule has 0 heterocycles. The molecule has 3 aromatic rings. The van der Waals surface area contributed by atoms with Gasteiger partial charge in [-0.05, 0) is 73.9 Å². The zero-order chi connectivity index (χ0) is 26.5. The van der Waals surface area contributed by atoms with Crippen LogP contribution in [-0.4, -0.2) is 37.0 Å². The van der Waals surface area contributed by atoms with Crippen molar-refractivity contribution in [1.82, 2.24) is 10.6 Å². The second-order valence-electron chi connectivity index (χ2n) is 9.29. The van der Waals surface area contributed by atoms with E-state index >= 15 is 0 Å². The molecule has 0 saturated carbocycles. The predicted molar refractivity (Wildman–Crippen MR) is 132 cm³/mol. The number of hydrogen-bond donors (Lipinski definition) is 2. The minimum Gasteiger partial charge on any atom is -0.420 e. The maximum absolute atomic E-state index is 12.9. The molecule has 0 aliphatic carbocycles. The van der Waals surface area contributed by atoms with Crippen LogP contribution in [0, 0.1) is 0 Å². The number of hydrogen-bond acceptors (Lipinski definition) is 4. The maximum atomic E-state index is 12.9. The summed E-state index contributed by atoms with van der Waals surface area (Å²) in [5.74, 6) is -0.306. The average molecular weight is 503 g/mol. The highest BCUT2D eigenvalue weighted by molar-refractivity contribution is 6.02. The molecule has 0 aliphatic heterocycles. The molecule has 192 valence electrons. The lowest BCUT2D eigenvalue weighted by Crippen LogP contribution is -2.42. The fourth-order valence-corrected chi connectivity index (χ4v) is 3.53. The number of carbonyl (C=O) groups is 2. The Morgan fingerprint density at radius 2 is 1.67 bits per heavy atom. The van der Waals surface area contributed by atoms with Crippen LogP contribution in [0.15, 0.2) is 60.7 Å². The highest BCUT2D eigenvalue weighted by Crippen LogP contribution is 2.33. The molecular formula is C27H29F3N2O4. The van der Waals surface area contributed by atoms with Gasteiger partial charge in [0.25, 0.3) is 5.91 Å². The Morgan fingerprint density at radius 1 is 0.972 bits per heavy atom. The van der Waals surface area contributed by atoms with Crippen molar-refractivity contribution in [2.24, 2.45) is 0 Å². The molecule has 2 N–H and O–H groups in total. The molecule has 6 nitrogen and oxygen atoms in total. The molecule has 1 atom stereocenters. The second-order valence-corrected chi connectivity index (χ2v) is 9.29. The maximum Gasteiger partial charge on any atom is 0.416 e. The molecule has 2 amide bonds. The van der Waals surface area contributed by atoms with E-state index in [4.69, 9.17) is 9.47 Å². The number of ether oxygens (including phenoxy) is 2. The van der Waals surface area contributed by atoms with Crippen molar-refractivity contribution in [2.75, 3.05) is 13.2 Å². The minimum absolute atomic E-state index is 0.140. The molecule has 0 saturated heterocycles. The number of carbonyl (C=O) groups excluding carboxylic acids is 2. The Labute approximate surface area is 207 Å². The summed E-state index contributed by atoms with van der Waals surface area (Å²) in [6, 6.07) is 15.6. The molecule has 1 unspecified atom stereocenters. The number of amides is 2. The first-order valence-electron chi connectivity index (χ1n) is 11.4. The van der Waals surface area contributed by atoms with E-state index < -0.39 is 29.7 Å². The number of fused-ring (bicyclic) bond motifs is 1. The van der Waals surface area contributed by atoms with Gasteiger partial charge in [-0.1, -0.05) is 36.4 Å². The van der Waals surface area contributed by atoms with E-state index in [0.717, 1.165) is 28.5 Å². The third-order valence-electron chi connectivity index (χ3n) is 5.16. The first kappa shape index (κ1) is 27.0. The fraction of sp³-hybridized carbons (Fsp3) is 0.333. The van der Waals surface area contributed by atoms with Crippen molar-refractivity contribution in [1.29, 1.82) is 0 Å². The molecule has 0 aliphatic rings. The number of alkyl halides is 3. The molecule has 0 bridgehead atoms. The highest BCUT2D eigenvalue weighted by atomic mass is 19.4. The normalized spacial score (nSPS) is 12.8. The first-order valence-corrected chi connectivity index (χ1v) is 11.4. The topological polar surface area (TPSA) is 76.7 Å². The standard InChI is InChI=1S/C27H29F3N2O4/c1-17(36-25(34)32-26(2,3)4)35-15-14-31-24(33)20-10-13-23-19(16-20)6-5-7-22(23)18-8-11-21(12-9-18)27(28,29)30/h5-13,16-17H,14-15H2,1-4H3,(H,31,33)(H,32,34). The first-order chi connectivity index (χ1) is 16.8. The Morgan fingerprint density at radius 3 is 2.31 bits per heavy atom. The SMILES string of the molecule is CC(OCCNC(=O)c1ccc2c(-c3ccc(C(F)(F)F)cc3)cccc2c1)OC(=O)NC(C)(C)C. The predicted octanol–water partition coefficient (Wildman–Crippen LogP) is 6.14. The monoisotopic (exact) mass is 502 g/mol. The van der Waals surface area contributed by atoms with E-state index in [9.17, 15) is 22.8 Å². The van der Waals surface area contributed by atoms with Crippen molar-refractivity contribution in [3.05, 3.63) is 71.8 Å². The zero-order valence-electron chi connectivity index (χ0n) is 20.5. The van der Waals surface area contributed by atoms with Crippen molar-refractivity contribution < 1.29 is 32.2 Å². The van der Waals surface area contributed by atoms with Crippen molar-refractivity contribution in [3.63, 3.8) is 0 Å². The van der Waals surface area contributed by atoms with Gasteiger partial charge < -0.3 is 20.1 Å². The van der Waals surface area contributed by atoms with Gasteiger partial charge >= 0.3 is 12.3 Å². The molecule has 0 fully saturated rings. The summed E-state index contributed by atoms with van der Waals surface area (Å²) in [7, 11) is 0. The van der Waals surface area contributed by atoms with Crippen LogP contribution in [0.3, 0.4) is 0 Å². The van der Waals surface area contributed by atoms with E-state index in [-0.39, 0.29) is 19.1 Å². The summed E-state index contributed by atoms with van der Waals surface area (Å²) < 4.78 is 49.2. The van der Waals surface area contributed by atoms with E-state index in [1.165, 1.54) is 12.1 Å². The number of alkyl carbamates (subject to hydrolysis) is 1. The molecule has 3 aromatic carbocycles. The third kappa shape index (κ3) is 7.45. The minimum atomic E-state index is -4.39. The van der Waals surface area contributed by atoms with Crippen LogP contribution in [0.4, 0.5) is 18.0 Å². The Hall–Kier alpha value is -3.59. The van der Waals surface area contributed by atoms with Crippen molar-refractivity contribution >= 4 is 22.8 Å². The number of rotatable bonds is 7. The molecular weight excluding hydrogens is 473 g/mol. The van der Waals surface area contributed by atoms with Gasteiger partial charge in [0.05, 0.1) is 12.2 Å². The van der Waals surface area contributed by atoms with Gasteiger partial charge in [0.2, 0.25) is 6.29 Å². The molecule has 36 heavy (non-hydrogen) atoms. The highest BCUT2D eigenvalue weighted by Gasteiger charge is 2.30. The lowest BCUT2D eigenvalue weighted by Gasteiger charge is -2.22. The quantitative estimate of drug-likeness (QED) is 0.300. The van der Waals surface area contributed by atoms with E-state index in [0.29, 0.717) is 11.1 Å². The lowest BCUT2D eigenvalue weighted by atomic mass is 9.96. The summed E-state index contributed by atoms with van der Waals surface area (Å²) >= 11 is 0. The second kappa shape index (κ2) is 11.0. The number of halogens is 3. The Balaban J connectivity index is 1.59. The lowest BCUT2D eigenvalue weighted by molar-refractivity contribution is -0.137. The van der Waals surface area contributed by atoms with Gasteiger partial charge in [-0.3, -0.25) is 4.79 Å². The zero-order valence-corrected chi connectivity index (χ0v) is 20.5. The van der Waals surface area contributed by atoms with Crippen LogP contribution in [0.2, 0.25) is 0 Å². The largest absolute Gasteiger partial charge is 0.420 e. The summed E-state index contributed by atoms with van der Waals surface area (Å²) in [6.07, 6.45) is -5.77. The van der Waals surface area contributed by atoms with E-state index in [2.05, 4.69) is 10.6 Å². The van der Waals surface area contributed by atoms with Crippen LogP contribution < -0.4 is 10.6 Å². The van der Waals surface area contributed by atoms with Crippen LogP contribution >= 0.6 is 0 Å².